The van der Waals surface area contributed by atoms with Crippen LogP contribution < -0.4 is 5.32 Å². The van der Waals surface area contributed by atoms with Crippen molar-refractivity contribution in [2.45, 2.75) is 13.8 Å². The lowest BCUT2D eigenvalue weighted by molar-refractivity contribution is 0.0940. The van der Waals surface area contributed by atoms with Gasteiger partial charge in [-0.3, -0.25) is 4.79 Å². The number of nitrogens with zero attached hydrogens (tertiary/aromatic N) is 2. The molecule has 0 aromatic carbocycles. The summed E-state index contributed by atoms with van der Waals surface area (Å²) in [6, 6.07) is 0. The van der Waals surface area contributed by atoms with Crippen LogP contribution in [0.15, 0.2) is 9.90 Å². The summed E-state index contributed by atoms with van der Waals surface area (Å²) in [6.45, 7) is 3.77. The van der Waals surface area contributed by atoms with Crippen LogP contribution in [0.2, 0.25) is 0 Å². The van der Waals surface area contributed by atoms with Crippen molar-refractivity contribution in [3.63, 3.8) is 0 Å². The van der Waals surface area contributed by atoms with E-state index in [1.54, 1.807) is 5.38 Å². The molecular weight excluding hydrogens is 254 g/mol. The van der Waals surface area contributed by atoms with Crippen molar-refractivity contribution in [3.8, 4) is 10.6 Å². The highest BCUT2D eigenvalue weighted by atomic mass is 32.1. The average Bonchev–Trinajstić information content (AvgIpc) is 2.93. The molecule has 18 heavy (non-hydrogen) atoms. The van der Waals surface area contributed by atoms with Crippen LogP contribution in [0.5, 0.6) is 0 Å². The van der Waals surface area contributed by atoms with Crippen LogP contribution in [0, 0.1) is 13.8 Å². The van der Waals surface area contributed by atoms with E-state index in [2.05, 4.69) is 15.5 Å². The molecule has 0 atom stereocenters. The number of rotatable bonds is 4. The van der Waals surface area contributed by atoms with Crippen molar-refractivity contribution in [1.29, 1.82) is 0 Å². The minimum absolute atomic E-state index is 0.0907. The number of aliphatic hydroxyl groups is 1. The molecule has 0 aliphatic carbocycles. The van der Waals surface area contributed by atoms with Crippen LogP contribution in [0.25, 0.3) is 10.6 Å². The zero-order chi connectivity index (χ0) is 13.1. The lowest BCUT2D eigenvalue weighted by Crippen LogP contribution is -2.26. The number of carbonyl (C=O) groups excluding carboxylic acids is 1. The van der Waals surface area contributed by atoms with Crippen LogP contribution in [0.1, 0.15) is 21.9 Å². The number of thiazole rings is 1. The van der Waals surface area contributed by atoms with Crippen LogP contribution >= 0.6 is 11.3 Å². The zero-order valence-electron chi connectivity index (χ0n) is 10.1. The molecule has 2 aromatic rings. The third-order valence-electron chi connectivity index (χ3n) is 2.38. The van der Waals surface area contributed by atoms with Crippen LogP contribution in [-0.4, -0.2) is 34.3 Å². The molecule has 0 saturated carbocycles. The van der Waals surface area contributed by atoms with Crippen molar-refractivity contribution in [2.24, 2.45) is 0 Å². The molecule has 0 unspecified atom stereocenters. The first-order valence-electron chi connectivity index (χ1n) is 5.41. The van der Waals surface area contributed by atoms with E-state index in [0.717, 1.165) is 11.3 Å². The van der Waals surface area contributed by atoms with Crippen LogP contribution in [0.3, 0.4) is 0 Å². The predicted molar refractivity (Wildman–Crippen MR) is 66.5 cm³/mol. The molecule has 7 heteroatoms. The highest BCUT2D eigenvalue weighted by molar-refractivity contribution is 7.13. The molecule has 2 heterocycles. The SMILES string of the molecule is Cc1noc(C)c1-c1nc(C(=O)NCCO)cs1. The number of amides is 1. The molecule has 96 valence electrons. The van der Waals surface area contributed by atoms with Gasteiger partial charge in [-0.05, 0) is 13.8 Å². The van der Waals surface area contributed by atoms with Gasteiger partial charge in [0.25, 0.3) is 5.91 Å². The van der Waals surface area contributed by atoms with Gasteiger partial charge < -0.3 is 14.9 Å². The number of aryl methyl sites for hydroxylation is 2. The molecule has 0 fully saturated rings. The van der Waals surface area contributed by atoms with Gasteiger partial charge in [0.1, 0.15) is 16.5 Å². The lowest BCUT2D eigenvalue weighted by Gasteiger charge is -1.98. The molecule has 0 saturated heterocycles. The Balaban J connectivity index is 2.23. The number of carbonyl (C=O) groups is 1. The molecular formula is C11H13N3O3S. The monoisotopic (exact) mass is 267 g/mol. The number of nitrogens with one attached hydrogen (secondary N) is 1. The Morgan fingerprint density at radius 3 is 2.94 bits per heavy atom. The molecule has 0 spiro atoms. The van der Waals surface area contributed by atoms with E-state index in [0.29, 0.717) is 16.5 Å². The second-order valence-corrected chi connectivity index (χ2v) is 4.57. The normalized spacial score (nSPS) is 10.6. The minimum Gasteiger partial charge on any atom is -0.395 e. The second kappa shape index (κ2) is 5.28. The first-order chi connectivity index (χ1) is 8.63. The smallest absolute Gasteiger partial charge is 0.270 e. The summed E-state index contributed by atoms with van der Waals surface area (Å²) in [5.41, 5.74) is 1.92. The predicted octanol–water partition coefficient (Wildman–Crippen LogP) is 1.14. The third-order valence-corrected chi connectivity index (χ3v) is 3.24. The lowest BCUT2D eigenvalue weighted by atomic mass is 10.2. The van der Waals surface area contributed by atoms with E-state index in [9.17, 15) is 4.79 Å². The Hall–Kier alpha value is -1.73. The fourth-order valence-corrected chi connectivity index (χ4v) is 2.48. The van der Waals surface area contributed by atoms with E-state index in [4.69, 9.17) is 9.63 Å². The van der Waals surface area contributed by atoms with Gasteiger partial charge in [-0.15, -0.1) is 11.3 Å². The highest BCUT2D eigenvalue weighted by Crippen LogP contribution is 2.29. The highest BCUT2D eigenvalue weighted by Gasteiger charge is 2.17. The molecule has 6 nitrogen and oxygen atoms in total. The second-order valence-electron chi connectivity index (χ2n) is 3.72. The summed E-state index contributed by atoms with van der Waals surface area (Å²) in [7, 11) is 0. The molecule has 2 N–H and O–H groups in total. The summed E-state index contributed by atoms with van der Waals surface area (Å²) >= 11 is 1.36. The van der Waals surface area contributed by atoms with E-state index < -0.39 is 0 Å². The Morgan fingerprint density at radius 2 is 2.33 bits per heavy atom. The maximum Gasteiger partial charge on any atom is 0.270 e. The molecule has 2 rings (SSSR count). The topological polar surface area (TPSA) is 88.2 Å². The van der Waals surface area contributed by atoms with Crippen molar-refractivity contribution >= 4 is 17.2 Å². The van der Waals surface area contributed by atoms with Gasteiger partial charge in [0.15, 0.2) is 0 Å². The summed E-state index contributed by atoms with van der Waals surface area (Å²) in [5.74, 6) is 0.391. The molecule has 0 aliphatic heterocycles. The number of aliphatic hydroxyl groups excluding tert-OH is 1. The van der Waals surface area contributed by atoms with Crippen molar-refractivity contribution in [1.82, 2.24) is 15.5 Å². The van der Waals surface area contributed by atoms with Gasteiger partial charge in [0.05, 0.1) is 17.9 Å². The zero-order valence-corrected chi connectivity index (χ0v) is 10.9. The van der Waals surface area contributed by atoms with Crippen molar-refractivity contribution < 1.29 is 14.4 Å². The third kappa shape index (κ3) is 2.41. The fourth-order valence-electron chi connectivity index (χ4n) is 1.54. The average molecular weight is 267 g/mol. The van der Waals surface area contributed by atoms with E-state index in [1.165, 1.54) is 11.3 Å². The van der Waals surface area contributed by atoms with E-state index >= 15 is 0 Å². The van der Waals surface area contributed by atoms with Gasteiger partial charge in [0.2, 0.25) is 0 Å². The summed E-state index contributed by atoms with van der Waals surface area (Å²) in [5, 5.41) is 17.4. The van der Waals surface area contributed by atoms with Crippen molar-refractivity contribution in [3.05, 3.63) is 22.5 Å². The minimum atomic E-state index is -0.293. The summed E-state index contributed by atoms with van der Waals surface area (Å²) in [4.78, 5) is 15.9. The number of hydrogen-bond donors (Lipinski definition) is 2. The quantitative estimate of drug-likeness (QED) is 0.867. The first kappa shape index (κ1) is 12.7. The number of hydrogen-bond acceptors (Lipinski definition) is 6. The molecule has 0 aliphatic rings. The maximum atomic E-state index is 11.6. The Bertz CT molecular complexity index is 542. The van der Waals surface area contributed by atoms with Gasteiger partial charge in [-0.25, -0.2) is 4.98 Å². The van der Waals surface area contributed by atoms with Gasteiger partial charge in [-0.2, -0.15) is 0 Å². The molecule has 1 amide bonds. The van der Waals surface area contributed by atoms with Crippen molar-refractivity contribution in [2.75, 3.05) is 13.2 Å². The first-order valence-corrected chi connectivity index (χ1v) is 6.29. The summed E-state index contributed by atoms with van der Waals surface area (Å²) in [6.07, 6.45) is 0. The molecule has 2 aromatic heterocycles. The Labute approximate surface area is 108 Å². The van der Waals surface area contributed by atoms with Crippen LogP contribution in [-0.2, 0) is 0 Å². The standard InChI is InChI=1S/C11H13N3O3S/c1-6-9(7(2)17-14-6)11-13-8(5-18-11)10(16)12-3-4-15/h5,15H,3-4H2,1-2H3,(H,12,16). The number of aromatic nitrogens is 2. The van der Waals surface area contributed by atoms with Gasteiger partial charge in [0, 0.05) is 11.9 Å². The Morgan fingerprint density at radius 1 is 1.56 bits per heavy atom. The van der Waals surface area contributed by atoms with E-state index in [1.807, 2.05) is 13.8 Å². The summed E-state index contributed by atoms with van der Waals surface area (Å²) < 4.78 is 5.07. The van der Waals surface area contributed by atoms with Crippen LogP contribution in [0.4, 0.5) is 0 Å². The Kier molecular flexibility index (Phi) is 3.73. The van der Waals surface area contributed by atoms with Gasteiger partial charge in [-0.1, -0.05) is 5.16 Å². The largest absolute Gasteiger partial charge is 0.395 e. The molecule has 0 bridgehead atoms. The van der Waals surface area contributed by atoms with Gasteiger partial charge >= 0.3 is 0 Å². The molecule has 0 radical (unpaired) electrons. The fraction of sp³-hybridized carbons (Fsp3) is 0.364. The maximum absolute atomic E-state index is 11.6. The van der Waals surface area contributed by atoms with E-state index in [-0.39, 0.29) is 19.1 Å².